The van der Waals surface area contributed by atoms with E-state index in [9.17, 15) is 21.6 Å². The first kappa shape index (κ1) is 27.7. The lowest BCUT2D eigenvalue weighted by Gasteiger charge is -2.46. The number of rotatable bonds is 6. The highest BCUT2D eigenvalue weighted by Gasteiger charge is 2.42. The quantitative estimate of drug-likeness (QED) is 0.357. The molecule has 3 heterocycles. The van der Waals surface area contributed by atoms with Crippen LogP contribution in [0.1, 0.15) is 23.0 Å². The molecule has 4 N–H and O–H groups in total. The molecule has 40 heavy (non-hydrogen) atoms. The summed E-state index contributed by atoms with van der Waals surface area (Å²) in [7, 11) is -3.51. The van der Waals surface area contributed by atoms with Gasteiger partial charge in [-0.15, -0.1) is 0 Å². The Morgan fingerprint density at radius 2 is 1.75 bits per heavy atom. The third kappa shape index (κ3) is 5.56. The molecule has 0 radical (unpaired) electrons. The van der Waals surface area contributed by atoms with Gasteiger partial charge < -0.3 is 10.6 Å². The van der Waals surface area contributed by atoms with Crippen molar-refractivity contribution >= 4 is 15.5 Å². The van der Waals surface area contributed by atoms with Crippen LogP contribution >= 0.6 is 0 Å². The van der Waals surface area contributed by atoms with E-state index in [0.717, 1.165) is 22.4 Å². The van der Waals surface area contributed by atoms with Gasteiger partial charge in [-0.25, -0.2) is 28.0 Å². The van der Waals surface area contributed by atoms with E-state index in [2.05, 4.69) is 15.1 Å². The monoisotopic (exact) mass is 572 g/mol. The van der Waals surface area contributed by atoms with Crippen molar-refractivity contribution in [2.24, 2.45) is 11.5 Å². The van der Waals surface area contributed by atoms with E-state index in [-0.39, 0.29) is 17.1 Å². The lowest BCUT2D eigenvalue weighted by Crippen LogP contribution is -2.62. The zero-order chi connectivity index (χ0) is 28.8. The SMILES string of the molecule is Cc1ccc(-c2ccc3c(n2)C(N)N(CC(F)(F)F)C(N)N3Cc2ccc(-n3cncn3)cc2)cc1S(C)(=O)=O. The Bertz CT molecular complexity index is 1630. The highest BCUT2D eigenvalue weighted by molar-refractivity contribution is 7.90. The number of pyridine rings is 1. The zero-order valence-corrected chi connectivity index (χ0v) is 22.4. The van der Waals surface area contributed by atoms with Crippen LogP contribution in [0.3, 0.4) is 0 Å². The van der Waals surface area contributed by atoms with Crippen molar-refractivity contribution in [3.63, 3.8) is 0 Å². The first-order valence-electron chi connectivity index (χ1n) is 12.2. The first-order chi connectivity index (χ1) is 18.8. The second-order valence-electron chi connectivity index (χ2n) is 9.63. The second kappa shape index (κ2) is 10.3. The number of sulfone groups is 1. The van der Waals surface area contributed by atoms with Crippen molar-refractivity contribution < 1.29 is 21.6 Å². The third-order valence-corrected chi connectivity index (χ3v) is 7.96. The van der Waals surface area contributed by atoms with Gasteiger partial charge in [0.25, 0.3) is 0 Å². The average molecular weight is 573 g/mol. The normalized spacial score (nSPS) is 18.1. The summed E-state index contributed by atoms with van der Waals surface area (Å²) in [6.07, 6.45) is -2.92. The third-order valence-electron chi connectivity index (χ3n) is 6.73. The molecule has 0 saturated heterocycles. The van der Waals surface area contributed by atoms with Gasteiger partial charge >= 0.3 is 6.18 Å². The molecule has 0 spiro atoms. The molecule has 5 rings (SSSR count). The lowest BCUT2D eigenvalue weighted by atomic mass is 10.0. The summed E-state index contributed by atoms with van der Waals surface area (Å²) >= 11 is 0. The van der Waals surface area contributed by atoms with Gasteiger partial charge in [0.1, 0.15) is 25.1 Å². The van der Waals surface area contributed by atoms with Crippen molar-refractivity contribution in [2.45, 2.75) is 37.0 Å². The number of nitrogens with two attached hydrogens (primary N) is 2. The summed E-state index contributed by atoms with van der Waals surface area (Å²) < 4.78 is 66.8. The highest BCUT2D eigenvalue weighted by Crippen LogP contribution is 2.38. The van der Waals surface area contributed by atoms with E-state index in [1.807, 2.05) is 24.3 Å². The predicted molar refractivity (Wildman–Crippen MR) is 143 cm³/mol. The number of alkyl halides is 3. The molecule has 4 aromatic rings. The number of aryl methyl sites for hydroxylation is 1. The van der Waals surface area contributed by atoms with Crippen molar-refractivity contribution in [2.75, 3.05) is 17.7 Å². The van der Waals surface area contributed by atoms with Gasteiger partial charge in [0, 0.05) is 18.4 Å². The summed E-state index contributed by atoms with van der Waals surface area (Å²) in [5.41, 5.74) is 16.4. The van der Waals surface area contributed by atoms with E-state index in [1.165, 1.54) is 12.4 Å². The van der Waals surface area contributed by atoms with Crippen LogP contribution in [0.5, 0.6) is 0 Å². The van der Waals surface area contributed by atoms with Gasteiger partial charge in [-0.1, -0.05) is 24.3 Å². The molecule has 1 aliphatic rings. The Labute approximate surface area is 229 Å². The van der Waals surface area contributed by atoms with Gasteiger partial charge in [0.15, 0.2) is 9.84 Å². The molecule has 10 nitrogen and oxygen atoms in total. The maximum Gasteiger partial charge on any atom is 0.401 e. The maximum atomic E-state index is 13.6. The molecule has 1 aliphatic heterocycles. The molecular formula is C26H27F3N8O2S. The standard InChI is InChI=1S/C26H27F3N8O2S/c1-16-3-6-18(11-22(16)40(2,38)39)20-9-10-21-23(34-20)24(30)36(13-26(27,28)29)25(31)35(21)12-17-4-7-19(8-5-17)37-15-32-14-33-37/h3-11,14-15,24-25H,12-13,30-31H2,1-2H3. The van der Waals surface area contributed by atoms with Crippen LogP contribution in [0.2, 0.25) is 0 Å². The fourth-order valence-electron chi connectivity index (χ4n) is 4.76. The molecule has 2 aromatic heterocycles. The summed E-state index contributed by atoms with van der Waals surface area (Å²) in [6.45, 7) is 0.519. The number of benzene rings is 2. The maximum absolute atomic E-state index is 13.6. The van der Waals surface area contributed by atoms with Crippen LogP contribution in [-0.4, -0.2) is 58.3 Å². The average Bonchev–Trinajstić information content (AvgIpc) is 3.43. The smallest absolute Gasteiger partial charge is 0.337 e. The molecule has 2 unspecified atom stereocenters. The number of hydrogen-bond acceptors (Lipinski definition) is 9. The van der Waals surface area contributed by atoms with Gasteiger partial charge in [-0.2, -0.15) is 18.3 Å². The molecule has 2 atom stereocenters. The van der Waals surface area contributed by atoms with Crippen LogP contribution < -0.4 is 16.4 Å². The molecule has 2 aromatic carbocycles. The number of anilines is 1. The largest absolute Gasteiger partial charge is 0.401 e. The first-order valence-corrected chi connectivity index (χ1v) is 14.1. The highest BCUT2D eigenvalue weighted by atomic mass is 32.2. The number of fused-ring (bicyclic) bond motifs is 1. The fraction of sp³-hybridized carbons (Fsp3) is 0.269. The number of halogens is 3. The van der Waals surface area contributed by atoms with E-state index >= 15 is 0 Å². The van der Waals surface area contributed by atoms with Crippen LogP contribution in [0.25, 0.3) is 16.9 Å². The van der Waals surface area contributed by atoms with Gasteiger partial charge in [0.2, 0.25) is 0 Å². The Morgan fingerprint density at radius 3 is 2.38 bits per heavy atom. The molecule has 0 saturated carbocycles. The summed E-state index contributed by atoms with van der Waals surface area (Å²) in [4.78, 5) is 11.3. The van der Waals surface area contributed by atoms with Crippen molar-refractivity contribution in [3.05, 3.63) is 84.1 Å². The summed E-state index contributed by atoms with van der Waals surface area (Å²) in [5.74, 6) is 0. The second-order valence-corrected chi connectivity index (χ2v) is 11.6. The van der Waals surface area contributed by atoms with Crippen LogP contribution in [0, 0.1) is 6.92 Å². The van der Waals surface area contributed by atoms with Gasteiger partial charge in [-0.3, -0.25) is 5.73 Å². The van der Waals surface area contributed by atoms with E-state index in [4.69, 9.17) is 11.5 Å². The molecule has 0 aliphatic carbocycles. The minimum absolute atomic E-state index is 0.144. The molecule has 0 amide bonds. The van der Waals surface area contributed by atoms with Crippen LogP contribution in [-0.2, 0) is 16.4 Å². The van der Waals surface area contributed by atoms with E-state index in [1.54, 1.807) is 47.1 Å². The molecule has 0 bridgehead atoms. The minimum Gasteiger partial charge on any atom is -0.337 e. The van der Waals surface area contributed by atoms with Crippen molar-refractivity contribution in [1.29, 1.82) is 0 Å². The predicted octanol–water partition coefficient (Wildman–Crippen LogP) is 3.13. The number of nitrogens with zero attached hydrogens (tertiary/aromatic N) is 6. The van der Waals surface area contributed by atoms with Crippen LogP contribution in [0.4, 0.5) is 18.9 Å². The minimum atomic E-state index is -4.56. The Hall–Kier alpha value is -3.85. The molecular weight excluding hydrogens is 545 g/mol. The van der Waals surface area contributed by atoms with E-state index < -0.39 is 35.0 Å². The topological polar surface area (TPSA) is 136 Å². The zero-order valence-electron chi connectivity index (χ0n) is 21.6. The fourth-order valence-corrected chi connectivity index (χ4v) is 5.75. The van der Waals surface area contributed by atoms with Gasteiger partial charge in [0.05, 0.1) is 34.2 Å². The van der Waals surface area contributed by atoms with Crippen molar-refractivity contribution in [3.8, 4) is 16.9 Å². The van der Waals surface area contributed by atoms with Crippen LogP contribution in [0.15, 0.2) is 72.1 Å². The van der Waals surface area contributed by atoms with Crippen molar-refractivity contribution in [1.82, 2.24) is 24.6 Å². The molecule has 14 heteroatoms. The Balaban J connectivity index is 1.55. The van der Waals surface area contributed by atoms with E-state index in [0.29, 0.717) is 22.5 Å². The number of hydrogen-bond donors (Lipinski definition) is 2. The number of aromatic nitrogens is 4. The molecule has 210 valence electrons. The Morgan fingerprint density at radius 1 is 1.02 bits per heavy atom. The molecule has 0 fully saturated rings. The summed E-state index contributed by atoms with van der Waals surface area (Å²) in [6, 6.07) is 15.5. The van der Waals surface area contributed by atoms with Gasteiger partial charge in [-0.05, 0) is 48.4 Å². The lowest BCUT2D eigenvalue weighted by molar-refractivity contribution is -0.158. The Kier molecular flexibility index (Phi) is 7.12. The summed E-state index contributed by atoms with van der Waals surface area (Å²) in [5, 5.41) is 4.09.